The van der Waals surface area contributed by atoms with E-state index < -0.39 is 18.1 Å². The lowest BCUT2D eigenvalue weighted by atomic mass is 9.98. The molecule has 2 N–H and O–H groups in total. The number of carbonyl (C=O) groups is 2. The highest BCUT2D eigenvalue weighted by atomic mass is 16.5. The van der Waals surface area contributed by atoms with Gasteiger partial charge in [0.2, 0.25) is 0 Å². The van der Waals surface area contributed by atoms with Crippen molar-refractivity contribution >= 4 is 12.1 Å². The Morgan fingerprint density at radius 1 is 1.13 bits per heavy atom. The second-order valence-electron chi connectivity index (χ2n) is 7.44. The third kappa shape index (κ3) is 3.66. The van der Waals surface area contributed by atoms with Gasteiger partial charge < -0.3 is 19.7 Å². The fourth-order valence-corrected chi connectivity index (χ4v) is 4.00. The number of nitrogens with zero attached hydrogens (tertiary/aromatic N) is 2. The lowest BCUT2D eigenvalue weighted by Gasteiger charge is -2.19. The van der Waals surface area contributed by atoms with Crippen LogP contribution in [0.15, 0.2) is 54.7 Å². The summed E-state index contributed by atoms with van der Waals surface area (Å²) in [7, 11) is 1.78. The summed E-state index contributed by atoms with van der Waals surface area (Å²) in [5.74, 6) is -0.612. The van der Waals surface area contributed by atoms with E-state index >= 15 is 0 Å². The van der Waals surface area contributed by atoms with Crippen LogP contribution in [-0.2, 0) is 16.6 Å². The Morgan fingerprint density at radius 3 is 2.27 bits per heavy atom. The number of carboxylic acids is 1. The van der Waals surface area contributed by atoms with E-state index in [0.29, 0.717) is 5.82 Å². The molecule has 0 bridgehead atoms. The van der Waals surface area contributed by atoms with Crippen molar-refractivity contribution in [3.05, 3.63) is 77.4 Å². The van der Waals surface area contributed by atoms with Crippen LogP contribution >= 0.6 is 0 Å². The number of carboxylic acid groups (broad SMARTS) is 1. The van der Waals surface area contributed by atoms with Gasteiger partial charge in [-0.25, -0.2) is 9.78 Å². The fraction of sp³-hybridized carbons (Fsp3) is 0.261. The standard InChI is InChI=1S/C23H23N3O4/c1-14-12-24-22(26(14)2)20(11-21(27)28)25-23(29)30-13-19-17-9-5-3-7-15(17)16-8-4-6-10-18(16)19/h3-10,12,19-20H,11,13H2,1-2H3,(H,25,29)(H,27,28)/t20-/m0/s1. The van der Waals surface area contributed by atoms with Crippen molar-refractivity contribution in [3.8, 4) is 11.1 Å². The molecule has 1 aromatic heterocycles. The Labute approximate surface area is 174 Å². The highest BCUT2D eigenvalue weighted by molar-refractivity contribution is 5.79. The molecule has 30 heavy (non-hydrogen) atoms. The van der Waals surface area contributed by atoms with Crippen LogP contribution in [0.3, 0.4) is 0 Å². The van der Waals surface area contributed by atoms with E-state index in [1.54, 1.807) is 17.8 Å². The van der Waals surface area contributed by atoms with Gasteiger partial charge in [-0.05, 0) is 29.2 Å². The van der Waals surface area contributed by atoms with Crippen LogP contribution in [0.25, 0.3) is 11.1 Å². The van der Waals surface area contributed by atoms with E-state index in [0.717, 1.165) is 27.9 Å². The number of aromatic nitrogens is 2. The lowest BCUT2D eigenvalue weighted by Crippen LogP contribution is -2.33. The van der Waals surface area contributed by atoms with Gasteiger partial charge in [-0.1, -0.05) is 48.5 Å². The summed E-state index contributed by atoms with van der Waals surface area (Å²) in [6.45, 7) is 2.03. The molecule has 3 aromatic rings. The van der Waals surface area contributed by atoms with Crippen molar-refractivity contribution < 1.29 is 19.4 Å². The van der Waals surface area contributed by atoms with Crippen LogP contribution in [0, 0.1) is 6.92 Å². The zero-order valence-electron chi connectivity index (χ0n) is 16.8. The number of amides is 1. The number of fused-ring (bicyclic) bond motifs is 3. The van der Waals surface area contributed by atoms with Crippen molar-refractivity contribution in [1.29, 1.82) is 0 Å². The van der Waals surface area contributed by atoms with Crippen molar-refractivity contribution in [2.45, 2.75) is 25.3 Å². The van der Waals surface area contributed by atoms with Crippen LogP contribution < -0.4 is 5.32 Å². The molecule has 0 aliphatic heterocycles. The lowest BCUT2D eigenvalue weighted by molar-refractivity contribution is -0.137. The number of hydrogen-bond acceptors (Lipinski definition) is 4. The van der Waals surface area contributed by atoms with Gasteiger partial charge in [-0.3, -0.25) is 4.79 Å². The summed E-state index contributed by atoms with van der Waals surface area (Å²) in [6, 6.07) is 15.4. The first-order valence-corrected chi connectivity index (χ1v) is 9.77. The molecule has 7 nitrogen and oxygen atoms in total. The van der Waals surface area contributed by atoms with Crippen molar-refractivity contribution in [1.82, 2.24) is 14.9 Å². The molecule has 0 saturated heterocycles. The minimum Gasteiger partial charge on any atom is -0.481 e. The largest absolute Gasteiger partial charge is 0.481 e. The number of aliphatic carboxylic acids is 1. The van der Waals surface area contributed by atoms with Crippen LogP contribution in [0.2, 0.25) is 0 Å². The fourth-order valence-electron chi connectivity index (χ4n) is 4.00. The highest BCUT2D eigenvalue weighted by Crippen LogP contribution is 2.44. The number of rotatable bonds is 6. The molecule has 1 amide bonds. The Morgan fingerprint density at radius 2 is 1.73 bits per heavy atom. The number of carbonyl (C=O) groups excluding carboxylic acids is 1. The molecule has 1 atom stereocenters. The van der Waals surface area contributed by atoms with Crippen molar-refractivity contribution in [2.75, 3.05) is 6.61 Å². The molecule has 7 heteroatoms. The Hall–Kier alpha value is -3.61. The minimum atomic E-state index is -1.03. The first kappa shape index (κ1) is 19.7. The molecule has 154 valence electrons. The van der Waals surface area contributed by atoms with Gasteiger partial charge in [-0.2, -0.15) is 0 Å². The maximum Gasteiger partial charge on any atom is 0.407 e. The van der Waals surface area contributed by atoms with Crippen molar-refractivity contribution in [2.24, 2.45) is 7.05 Å². The number of nitrogens with one attached hydrogen (secondary N) is 1. The minimum absolute atomic E-state index is 0.0588. The maximum absolute atomic E-state index is 12.5. The number of ether oxygens (including phenoxy) is 1. The topological polar surface area (TPSA) is 93.4 Å². The third-order valence-electron chi connectivity index (χ3n) is 5.58. The summed E-state index contributed by atoms with van der Waals surface area (Å²) < 4.78 is 7.30. The van der Waals surface area contributed by atoms with Crippen LogP contribution in [-0.4, -0.2) is 33.3 Å². The zero-order valence-corrected chi connectivity index (χ0v) is 16.8. The first-order valence-electron chi connectivity index (χ1n) is 9.77. The average Bonchev–Trinajstić information content (AvgIpc) is 3.23. The molecule has 1 aliphatic carbocycles. The third-order valence-corrected chi connectivity index (χ3v) is 5.58. The SMILES string of the molecule is Cc1cnc([C@H](CC(=O)O)NC(=O)OCC2c3ccccc3-c3ccccc32)n1C. The molecule has 0 fully saturated rings. The number of benzene rings is 2. The van der Waals surface area contributed by atoms with Gasteiger partial charge in [0.15, 0.2) is 0 Å². The van der Waals surface area contributed by atoms with Gasteiger partial charge in [0, 0.05) is 24.9 Å². The number of aryl methyl sites for hydroxylation is 1. The summed E-state index contributed by atoms with van der Waals surface area (Å²) in [5.41, 5.74) is 5.40. The van der Waals surface area contributed by atoms with Crippen molar-refractivity contribution in [3.63, 3.8) is 0 Å². The number of imidazole rings is 1. The smallest absolute Gasteiger partial charge is 0.407 e. The predicted octanol–water partition coefficient (Wildman–Crippen LogP) is 3.78. The summed E-state index contributed by atoms with van der Waals surface area (Å²) in [5, 5.41) is 11.9. The predicted molar refractivity (Wildman–Crippen MR) is 111 cm³/mol. The molecule has 1 heterocycles. The Bertz CT molecular complexity index is 1060. The normalized spacial score (nSPS) is 13.4. The number of alkyl carbamates (subject to hydrolysis) is 1. The van der Waals surface area contributed by atoms with Gasteiger partial charge in [0.1, 0.15) is 18.5 Å². The van der Waals surface area contributed by atoms with Gasteiger partial charge in [0.25, 0.3) is 0 Å². The van der Waals surface area contributed by atoms with Gasteiger partial charge >= 0.3 is 12.1 Å². The van der Waals surface area contributed by atoms with E-state index in [2.05, 4.69) is 22.4 Å². The molecular formula is C23H23N3O4. The summed E-state index contributed by atoms with van der Waals surface area (Å²) in [4.78, 5) is 28.1. The molecule has 0 radical (unpaired) electrons. The zero-order chi connectivity index (χ0) is 21.3. The first-order chi connectivity index (χ1) is 14.5. The van der Waals surface area contributed by atoms with Crippen LogP contribution in [0.4, 0.5) is 4.79 Å². The van der Waals surface area contributed by atoms with Gasteiger partial charge in [-0.15, -0.1) is 0 Å². The number of hydrogen-bond donors (Lipinski definition) is 2. The molecule has 0 unspecified atom stereocenters. The molecule has 0 spiro atoms. The van der Waals surface area contributed by atoms with E-state index in [-0.39, 0.29) is 18.9 Å². The second kappa shape index (κ2) is 8.02. The average molecular weight is 405 g/mol. The molecule has 2 aromatic carbocycles. The Balaban J connectivity index is 1.49. The summed E-state index contributed by atoms with van der Waals surface area (Å²) in [6.07, 6.45) is 0.696. The quantitative estimate of drug-likeness (QED) is 0.651. The maximum atomic E-state index is 12.5. The molecule has 1 aliphatic rings. The summed E-state index contributed by atoms with van der Waals surface area (Å²) >= 11 is 0. The monoisotopic (exact) mass is 405 g/mol. The highest BCUT2D eigenvalue weighted by Gasteiger charge is 2.30. The van der Waals surface area contributed by atoms with Crippen LogP contribution in [0.5, 0.6) is 0 Å². The van der Waals surface area contributed by atoms with E-state index in [4.69, 9.17) is 4.74 Å². The molecular weight excluding hydrogens is 382 g/mol. The van der Waals surface area contributed by atoms with Crippen LogP contribution in [0.1, 0.15) is 41.0 Å². The van der Waals surface area contributed by atoms with E-state index in [9.17, 15) is 14.7 Å². The van der Waals surface area contributed by atoms with Gasteiger partial charge in [0.05, 0.1) is 6.42 Å². The molecule has 4 rings (SSSR count). The van der Waals surface area contributed by atoms with E-state index in [1.165, 1.54) is 0 Å². The molecule has 0 saturated carbocycles. The Kier molecular flexibility index (Phi) is 5.27. The van der Waals surface area contributed by atoms with E-state index in [1.807, 2.05) is 43.3 Å². The second-order valence-corrected chi connectivity index (χ2v) is 7.44.